The average Bonchev–Trinajstić information content (AvgIpc) is 3.29. The summed E-state index contributed by atoms with van der Waals surface area (Å²) in [4.78, 5) is 32.5. The number of rotatable bonds is 7. The summed E-state index contributed by atoms with van der Waals surface area (Å²) in [6, 6.07) is 9.59. The van der Waals surface area contributed by atoms with Crippen LogP contribution in [0.2, 0.25) is 0 Å². The third kappa shape index (κ3) is 6.36. The highest BCUT2D eigenvalue weighted by Crippen LogP contribution is 2.32. The molecular weight excluding hydrogens is 530 g/mol. The topological polar surface area (TPSA) is 97.1 Å². The lowest BCUT2D eigenvalue weighted by molar-refractivity contribution is -0.137. The van der Waals surface area contributed by atoms with Crippen molar-refractivity contribution in [2.45, 2.75) is 38.7 Å². The summed E-state index contributed by atoms with van der Waals surface area (Å²) in [5.41, 5.74) is -3.10. The van der Waals surface area contributed by atoms with Crippen molar-refractivity contribution in [1.82, 2.24) is 15.3 Å². The number of hydrogen-bond donors (Lipinski definition) is 2. The molecule has 2 aromatic heterocycles. The van der Waals surface area contributed by atoms with Crippen molar-refractivity contribution in [3.63, 3.8) is 0 Å². The average molecular weight is 550 g/mol. The normalized spacial score (nSPS) is 12.1. The Labute approximate surface area is 217 Å². The van der Waals surface area contributed by atoms with Gasteiger partial charge in [0.1, 0.15) is 11.2 Å². The third-order valence-corrected chi connectivity index (χ3v) is 5.52. The van der Waals surface area contributed by atoms with Crippen LogP contribution in [0.5, 0.6) is 0 Å². The first kappa shape index (κ1) is 27.6. The fourth-order valence-electron chi connectivity index (χ4n) is 3.49. The summed E-state index contributed by atoms with van der Waals surface area (Å²) < 4.78 is 84.9. The number of benzene rings is 2. The molecule has 0 bridgehead atoms. The van der Waals surface area contributed by atoms with Gasteiger partial charge in [-0.15, -0.1) is 0 Å². The highest BCUT2D eigenvalue weighted by molar-refractivity contribution is 6.05. The molecule has 0 fully saturated rings. The zero-order chi connectivity index (χ0) is 28.5. The summed E-state index contributed by atoms with van der Waals surface area (Å²) in [7, 11) is 0. The molecular formula is C26H20F6N4O3. The first-order valence-corrected chi connectivity index (χ1v) is 11.4. The van der Waals surface area contributed by atoms with Crippen molar-refractivity contribution in [2.75, 3.05) is 5.32 Å². The standard InChI is InChI=1S/C26H20F6N4O3/c1-25(2,29)24(38)34-12-13-9-17(20(21(27)28)33-11-13)22(37)35-16-7-8-18-19(10-16)39-23(36-18)14-3-5-15(6-4-14)26(30,31)32/h3-11,21H,12H2,1-2H3,(H,34,38)(H,35,37). The Balaban J connectivity index is 1.55. The molecule has 0 aliphatic heterocycles. The van der Waals surface area contributed by atoms with E-state index in [1.807, 2.05) is 0 Å². The van der Waals surface area contributed by atoms with E-state index in [2.05, 4.69) is 20.6 Å². The van der Waals surface area contributed by atoms with Gasteiger partial charge in [-0.3, -0.25) is 14.6 Å². The Morgan fingerprint density at radius 3 is 2.31 bits per heavy atom. The number of hydrogen-bond acceptors (Lipinski definition) is 5. The van der Waals surface area contributed by atoms with Crippen molar-refractivity contribution in [3.8, 4) is 11.5 Å². The molecule has 0 atom stereocenters. The van der Waals surface area contributed by atoms with E-state index >= 15 is 0 Å². The SMILES string of the molecule is CC(C)(F)C(=O)NCc1cnc(C(F)F)c(C(=O)Nc2ccc3nc(-c4ccc(C(F)(F)F)cc4)oc3c2)c1. The molecule has 2 heterocycles. The molecule has 2 amide bonds. The molecule has 0 spiro atoms. The van der Waals surface area contributed by atoms with Crippen LogP contribution in [-0.4, -0.2) is 27.5 Å². The maximum absolute atomic E-state index is 13.7. The number of amides is 2. The molecule has 0 radical (unpaired) electrons. The summed E-state index contributed by atoms with van der Waals surface area (Å²) in [5, 5.41) is 4.76. The van der Waals surface area contributed by atoms with Crippen LogP contribution in [0.1, 0.15) is 47.5 Å². The van der Waals surface area contributed by atoms with E-state index in [0.717, 1.165) is 38.2 Å². The lowest BCUT2D eigenvalue weighted by Crippen LogP contribution is -2.38. The van der Waals surface area contributed by atoms with Gasteiger partial charge in [-0.05, 0) is 61.9 Å². The molecule has 39 heavy (non-hydrogen) atoms. The van der Waals surface area contributed by atoms with Gasteiger partial charge in [-0.2, -0.15) is 13.2 Å². The number of oxazole rings is 1. The fraction of sp³-hybridized carbons (Fsp3) is 0.231. The minimum atomic E-state index is -4.49. The zero-order valence-electron chi connectivity index (χ0n) is 20.4. The molecule has 4 rings (SSSR count). The van der Waals surface area contributed by atoms with Gasteiger partial charge < -0.3 is 15.1 Å². The van der Waals surface area contributed by atoms with Crippen LogP contribution in [0.4, 0.5) is 32.0 Å². The van der Waals surface area contributed by atoms with Crippen molar-refractivity contribution < 1.29 is 40.3 Å². The number of halogens is 6. The summed E-state index contributed by atoms with van der Waals surface area (Å²) in [5.74, 6) is -1.82. The van der Waals surface area contributed by atoms with Crippen molar-refractivity contribution >= 4 is 28.6 Å². The Morgan fingerprint density at radius 2 is 1.69 bits per heavy atom. The van der Waals surface area contributed by atoms with Gasteiger partial charge in [0.05, 0.1) is 11.1 Å². The zero-order valence-corrected chi connectivity index (χ0v) is 20.4. The second-order valence-corrected chi connectivity index (χ2v) is 8.96. The monoisotopic (exact) mass is 550 g/mol. The molecule has 2 aromatic carbocycles. The summed E-state index contributed by atoms with van der Waals surface area (Å²) in [6.07, 6.45) is -6.53. The van der Waals surface area contributed by atoms with Crippen LogP contribution in [0, 0.1) is 0 Å². The van der Waals surface area contributed by atoms with Gasteiger partial charge in [0, 0.05) is 30.1 Å². The predicted molar refractivity (Wildman–Crippen MR) is 129 cm³/mol. The molecule has 13 heteroatoms. The minimum absolute atomic E-state index is 0.0394. The van der Waals surface area contributed by atoms with E-state index < -0.39 is 46.9 Å². The molecule has 0 unspecified atom stereocenters. The van der Waals surface area contributed by atoms with Gasteiger partial charge in [0.25, 0.3) is 18.2 Å². The first-order valence-electron chi connectivity index (χ1n) is 11.4. The smallest absolute Gasteiger partial charge is 0.416 e. The van der Waals surface area contributed by atoms with Crippen LogP contribution in [0.25, 0.3) is 22.6 Å². The van der Waals surface area contributed by atoms with Crippen LogP contribution in [0.15, 0.2) is 59.1 Å². The highest BCUT2D eigenvalue weighted by Gasteiger charge is 2.30. The number of fused-ring (bicyclic) bond motifs is 1. The van der Waals surface area contributed by atoms with E-state index in [-0.39, 0.29) is 34.8 Å². The van der Waals surface area contributed by atoms with Gasteiger partial charge in [-0.25, -0.2) is 18.2 Å². The van der Waals surface area contributed by atoms with Crippen LogP contribution in [0.3, 0.4) is 0 Å². The Kier molecular flexibility index (Phi) is 7.35. The third-order valence-electron chi connectivity index (χ3n) is 5.52. The quantitative estimate of drug-likeness (QED) is 0.258. The minimum Gasteiger partial charge on any atom is -0.436 e. The van der Waals surface area contributed by atoms with E-state index in [9.17, 15) is 35.9 Å². The summed E-state index contributed by atoms with van der Waals surface area (Å²) >= 11 is 0. The van der Waals surface area contributed by atoms with Gasteiger partial charge >= 0.3 is 6.18 Å². The van der Waals surface area contributed by atoms with Gasteiger partial charge in [0.15, 0.2) is 11.3 Å². The number of nitrogens with one attached hydrogen (secondary N) is 2. The molecule has 0 saturated heterocycles. The van der Waals surface area contributed by atoms with Gasteiger partial charge in [0.2, 0.25) is 5.89 Å². The molecule has 0 aliphatic rings. The number of carbonyl (C=O) groups excluding carboxylic acids is 2. The molecule has 7 nitrogen and oxygen atoms in total. The van der Waals surface area contributed by atoms with E-state index in [4.69, 9.17) is 4.42 Å². The number of anilines is 1. The van der Waals surface area contributed by atoms with E-state index in [1.54, 1.807) is 0 Å². The lowest BCUT2D eigenvalue weighted by Gasteiger charge is -2.15. The maximum atomic E-state index is 13.7. The van der Waals surface area contributed by atoms with E-state index in [0.29, 0.717) is 5.52 Å². The first-order chi connectivity index (χ1) is 18.2. The van der Waals surface area contributed by atoms with Gasteiger partial charge in [-0.1, -0.05) is 0 Å². The number of alkyl halides is 6. The van der Waals surface area contributed by atoms with Crippen molar-refractivity contribution in [3.05, 3.63) is 77.1 Å². The largest absolute Gasteiger partial charge is 0.436 e. The molecule has 204 valence electrons. The molecule has 0 aliphatic carbocycles. The Morgan fingerprint density at radius 1 is 1.00 bits per heavy atom. The van der Waals surface area contributed by atoms with Crippen LogP contribution < -0.4 is 10.6 Å². The number of aromatic nitrogens is 2. The second-order valence-electron chi connectivity index (χ2n) is 8.96. The molecule has 0 saturated carbocycles. The molecule has 4 aromatic rings. The van der Waals surface area contributed by atoms with Crippen molar-refractivity contribution in [1.29, 1.82) is 0 Å². The maximum Gasteiger partial charge on any atom is 0.416 e. The number of pyridine rings is 1. The highest BCUT2D eigenvalue weighted by atomic mass is 19.4. The summed E-state index contributed by atoms with van der Waals surface area (Å²) in [6.45, 7) is 1.86. The Hall–Kier alpha value is -4.42. The van der Waals surface area contributed by atoms with Crippen LogP contribution >= 0.6 is 0 Å². The lowest BCUT2D eigenvalue weighted by atomic mass is 10.1. The number of nitrogens with zero attached hydrogens (tertiary/aromatic N) is 2. The molecule has 2 N–H and O–H groups in total. The van der Waals surface area contributed by atoms with Crippen molar-refractivity contribution in [2.24, 2.45) is 0 Å². The predicted octanol–water partition coefficient (Wildman–Crippen LogP) is 6.46. The Bertz CT molecular complexity index is 1530. The van der Waals surface area contributed by atoms with Crippen LogP contribution in [-0.2, 0) is 17.5 Å². The number of carbonyl (C=O) groups is 2. The second kappa shape index (κ2) is 10.4. The van der Waals surface area contributed by atoms with E-state index in [1.165, 1.54) is 30.3 Å². The fourth-order valence-corrected chi connectivity index (χ4v) is 3.49.